The number of hydrogen-bond donors (Lipinski definition) is 1. The summed E-state index contributed by atoms with van der Waals surface area (Å²) in [6, 6.07) is 8.28. The molecular weight excluding hydrogens is 306 g/mol. The summed E-state index contributed by atoms with van der Waals surface area (Å²) in [5.41, 5.74) is 1.65. The van der Waals surface area contributed by atoms with Crippen LogP contribution in [0.3, 0.4) is 0 Å². The quantitative estimate of drug-likeness (QED) is 0.917. The Balaban J connectivity index is 2.19. The second kappa shape index (κ2) is 6.24. The van der Waals surface area contributed by atoms with Crippen LogP contribution in [0.1, 0.15) is 31.0 Å². The van der Waals surface area contributed by atoms with Crippen molar-refractivity contribution in [3.8, 4) is 6.07 Å². The molecule has 1 aromatic carbocycles. The van der Waals surface area contributed by atoms with Gasteiger partial charge in [-0.3, -0.25) is 4.72 Å². The van der Waals surface area contributed by atoms with Gasteiger partial charge in [-0.15, -0.1) is 11.3 Å². The van der Waals surface area contributed by atoms with Gasteiger partial charge in [0.1, 0.15) is 0 Å². The SMILES string of the molecule is CC(C)c1csc(NS(=O)(=O)c2ccc(CC#N)cc2)n1. The summed E-state index contributed by atoms with van der Waals surface area (Å²) in [7, 11) is -3.64. The normalized spacial score (nSPS) is 11.3. The van der Waals surface area contributed by atoms with Crippen LogP contribution in [-0.2, 0) is 16.4 Å². The van der Waals surface area contributed by atoms with Crippen LogP contribution in [0.2, 0.25) is 0 Å². The van der Waals surface area contributed by atoms with Gasteiger partial charge in [-0.2, -0.15) is 5.26 Å². The molecule has 0 radical (unpaired) electrons. The van der Waals surface area contributed by atoms with E-state index in [4.69, 9.17) is 5.26 Å². The van der Waals surface area contributed by atoms with E-state index in [1.165, 1.54) is 23.5 Å². The third-order valence-electron chi connectivity index (χ3n) is 2.85. The number of aromatic nitrogens is 1. The van der Waals surface area contributed by atoms with E-state index in [1.807, 2.05) is 25.3 Å². The van der Waals surface area contributed by atoms with Crippen molar-refractivity contribution in [1.29, 1.82) is 5.26 Å². The molecule has 2 aromatic rings. The predicted molar refractivity (Wildman–Crippen MR) is 82.8 cm³/mol. The first kappa shape index (κ1) is 15.5. The number of nitrogens with zero attached hydrogens (tertiary/aromatic N) is 2. The molecule has 0 fully saturated rings. The van der Waals surface area contributed by atoms with Crippen molar-refractivity contribution >= 4 is 26.5 Å². The molecule has 0 aliphatic carbocycles. The van der Waals surface area contributed by atoms with Crippen LogP contribution < -0.4 is 4.72 Å². The average Bonchev–Trinajstić information content (AvgIpc) is 2.88. The topological polar surface area (TPSA) is 82.9 Å². The number of thiazole rings is 1. The molecule has 0 saturated heterocycles. The van der Waals surface area contributed by atoms with Gasteiger partial charge >= 0.3 is 0 Å². The first-order valence-electron chi connectivity index (χ1n) is 6.36. The minimum absolute atomic E-state index is 0.158. The van der Waals surface area contributed by atoms with Crippen LogP contribution in [0.5, 0.6) is 0 Å². The summed E-state index contributed by atoms with van der Waals surface area (Å²) in [5, 5.41) is 10.8. The summed E-state index contributed by atoms with van der Waals surface area (Å²) < 4.78 is 27.0. The van der Waals surface area contributed by atoms with Crippen LogP contribution in [0, 0.1) is 11.3 Å². The van der Waals surface area contributed by atoms with Crippen LogP contribution in [-0.4, -0.2) is 13.4 Å². The van der Waals surface area contributed by atoms with Gasteiger partial charge in [-0.05, 0) is 23.6 Å². The molecule has 0 unspecified atom stereocenters. The van der Waals surface area contributed by atoms with Crippen molar-refractivity contribution in [3.63, 3.8) is 0 Å². The summed E-state index contributed by atoms with van der Waals surface area (Å²) in [6.07, 6.45) is 0.262. The minimum Gasteiger partial charge on any atom is -0.255 e. The number of anilines is 1. The van der Waals surface area contributed by atoms with Crippen LogP contribution in [0.4, 0.5) is 5.13 Å². The molecule has 0 amide bonds. The molecule has 1 heterocycles. The van der Waals surface area contributed by atoms with Crippen molar-refractivity contribution in [1.82, 2.24) is 4.98 Å². The summed E-state index contributed by atoms with van der Waals surface area (Å²) >= 11 is 1.27. The molecular formula is C14H15N3O2S2. The van der Waals surface area contributed by atoms with Crippen LogP contribution in [0.25, 0.3) is 0 Å². The van der Waals surface area contributed by atoms with E-state index in [2.05, 4.69) is 9.71 Å². The molecule has 0 bridgehead atoms. The van der Waals surface area contributed by atoms with Crippen molar-refractivity contribution in [3.05, 3.63) is 40.9 Å². The maximum Gasteiger partial charge on any atom is 0.263 e. The van der Waals surface area contributed by atoms with E-state index >= 15 is 0 Å². The number of rotatable bonds is 5. The molecule has 0 aliphatic rings. The minimum atomic E-state index is -3.64. The van der Waals surface area contributed by atoms with Crippen molar-refractivity contribution in [2.24, 2.45) is 0 Å². The van der Waals surface area contributed by atoms with E-state index in [-0.39, 0.29) is 17.2 Å². The molecule has 7 heteroatoms. The second-order valence-electron chi connectivity index (χ2n) is 4.82. The lowest BCUT2D eigenvalue weighted by Crippen LogP contribution is -2.12. The maximum absolute atomic E-state index is 12.2. The van der Waals surface area contributed by atoms with Gasteiger partial charge in [0.15, 0.2) is 5.13 Å². The lowest BCUT2D eigenvalue weighted by Gasteiger charge is -2.05. The molecule has 0 atom stereocenters. The van der Waals surface area contributed by atoms with Crippen molar-refractivity contribution in [2.75, 3.05) is 4.72 Å². The zero-order valence-electron chi connectivity index (χ0n) is 11.7. The highest BCUT2D eigenvalue weighted by Gasteiger charge is 2.16. The summed E-state index contributed by atoms with van der Waals surface area (Å²) in [6.45, 7) is 4.00. The van der Waals surface area contributed by atoms with Crippen molar-refractivity contribution in [2.45, 2.75) is 31.1 Å². The van der Waals surface area contributed by atoms with Gasteiger partial charge in [0.25, 0.3) is 10.0 Å². The lowest BCUT2D eigenvalue weighted by atomic mass is 10.2. The predicted octanol–water partition coefficient (Wildman–Crippen LogP) is 3.13. The third kappa shape index (κ3) is 3.80. The highest BCUT2D eigenvalue weighted by atomic mass is 32.2. The number of sulfonamides is 1. The Bertz CT molecular complexity index is 756. The number of nitrogens with one attached hydrogen (secondary N) is 1. The molecule has 0 spiro atoms. The first-order chi connectivity index (χ1) is 9.92. The standard InChI is InChI=1S/C14H15N3O2S2/c1-10(2)13-9-20-14(16-13)17-21(18,19)12-5-3-11(4-6-12)7-8-15/h3-6,9-10H,7H2,1-2H3,(H,16,17). The largest absolute Gasteiger partial charge is 0.263 e. The monoisotopic (exact) mass is 321 g/mol. The van der Waals surface area contributed by atoms with E-state index < -0.39 is 10.0 Å². The Morgan fingerprint density at radius 1 is 1.33 bits per heavy atom. The molecule has 21 heavy (non-hydrogen) atoms. The second-order valence-corrected chi connectivity index (χ2v) is 7.36. The van der Waals surface area contributed by atoms with Gasteiger partial charge in [-0.25, -0.2) is 13.4 Å². The Labute approximate surface area is 128 Å². The number of benzene rings is 1. The van der Waals surface area contributed by atoms with Crippen LogP contribution in [0.15, 0.2) is 34.5 Å². The molecule has 2 rings (SSSR count). The van der Waals surface area contributed by atoms with Crippen molar-refractivity contribution < 1.29 is 8.42 Å². The highest BCUT2D eigenvalue weighted by Crippen LogP contribution is 2.24. The highest BCUT2D eigenvalue weighted by molar-refractivity contribution is 7.93. The zero-order chi connectivity index (χ0) is 15.5. The van der Waals surface area contributed by atoms with E-state index in [0.717, 1.165) is 11.3 Å². The smallest absolute Gasteiger partial charge is 0.255 e. The van der Waals surface area contributed by atoms with E-state index in [0.29, 0.717) is 5.13 Å². The lowest BCUT2D eigenvalue weighted by molar-refractivity contribution is 0.601. The van der Waals surface area contributed by atoms with Gasteiger partial charge in [0.05, 0.1) is 23.1 Å². The van der Waals surface area contributed by atoms with E-state index in [1.54, 1.807) is 12.1 Å². The number of nitriles is 1. The van der Waals surface area contributed by atoms with Gasteiger partial charge in [0, 0.05) is 5.38 Å². The summed E-state index contributed by atoms with van der Waals surface area (Å²) in [5.74, 6) is 0.254. The number of hydrogen-bond acceptors (Lipinski definition) is 5. The van der Waals surface area contributed by atoms with Crippen LogP contribution >= 0.6 is 11.3 Å². The molecule has 0 aliphatic heterocycles. The van der Waals surface area contributed by atoms with Gasteiger partial charge < -0.3 is 0 Å². The molecule has 1 N–H and O–H groups in total. The molecule has 1 aromatic heterocycles. The average molecular weight is 321 g/mol. The Morgan fingerprint density at radius 3 is 2.52 bits per heavy atom. The van der Waals surface area contributed by atoms with Gasteiger partial charge in [0.2, 0.25) is 0 Å². The fourth-order valence-electron chi connectivity index (χ4n) is 1.65. The Kier molecular flexibility index (Phi) is 4.60. The van der Waals surface area contributed by atoms with E-state index in [9.17, 15) is 8.42 Å². The summed E-state index contributed by atoms with van der Waals surface area (Å²) in [4.78, 5) is 4.41. The molecule has 5 nitrogen and oxygen atoms in total. The fraction of sp³-hybridized carbons (Fsp3) is 0.286. The zero-order valence-corrected chi connectivity index (χ0v) is 13.3. The van der Waals surface area contributed by atoms with Gasteiger partial charge in [-0.1, -0.05) is 26.0 Å². The maximum atomic E-state index is 12.2. The fourth-order valence-corrected chi connectivity index (χ4v) is 3.77. The Morgan fingerprint density at radius 2 is 2.00 bits per heavy atom. The molecule has 0 saturated carbocycles. The third-order valence-corrected chi connectivity index (χ3v) is 5.11. The first-order valence-corrected chi connectivity index (χ1v) is 8.73. The Hall–Kier alpha value is -1.91. The molecule has 110 valence electrons.